The van der Waals surface area contributed by atoms with Gasteiger partial charge in [0.1, 0.15) is 0 Å². The Kier molecular flexibility index (Phi) is 5.14. The summed E-state index contributed by atoms with van der Waals surface area (Å²) >= 11 is 5.79. The van der Waals surface area contributed by atoms with Crippen LogP contribution >= 0.6 is 11.6 Å². The third-order valence-electron chi connectivity index (χ3n) is 4.53. The van der Waals surface area contributed by atoms with Gasteiger partial charge in [0.05, 0.1) is 22.4 Å². The molecule has 0 fully saturated rings. The molecule has 1 aliphatic carbocycles. The van der Waals surface area contributed by atoms with Crippen molar-refractivity contribution in [1.82, 2.24) is 10.3 Å². The number of aliphatic hydroxyl groups is 1. The Morgan fingerprint density at radius 3 is 2.78 bits per heavy atom. The van der Waals surface area contributed by atoms with Crippen LogP contribution in [0.3, 0.4) is 0 Å². The first-order valence-electron chi connectivity index (χ1n) is 8.10. The molecule has 27 heavy (non-hydrogen) atoms. The van der Waals surface area contributed by atoms with Crippen molar-refractivity contribution in [3.8, 4) is 0 Å². The fraction of sp³-hybridized carbons (Fsp3) is 0.333. The van der Waals surface area contributed by atoms with Crippen molar-refractivity contribution in [2.45, 2.75) is 37.3 Å². The number of alkyl halides is 4. The van der Waals surface area contributed by atoms with E-state index in [1.165, 1.54) is 24.4 Å². The first-order chi connectivity index (χ1) is 12.6. The zero-order chi connectivity index (χ0) is 19.8. The fourth-order valence-electron chi connectivity index (χ4n) is 3.11. The van der Waals surface area contributed by atoms with E-state index in [-0.39, 0.29) is 36.2 Å². The molecule has 1 aliphatic rings. The Morgan fingerprint density at radius 1 is 1.33 bits per heavy atom. The van der Waals surface area contributed by atoms with E-state index in [2.05, 4.69) is 10.3 Å². The number of aromatic nitrogens is 1. The predicted molar refractivity (Wildman–Crippen MR) is 89.5 cm³/mol. The number of hydrogen-bond donors (Lipinski definition) is 2. The van der Waals surface area contributed by atoms with Gasteiger partial charge in [0.2, 0.25) is 5.67 Å². The highest BCUT2D eigenvalue weighted by Crippen LogP contribution is 2.42. The minimum atomic E-state index is -4.64. The molecule has 2 aromatic rings. The lowest BCUT2D eigenvalue weighted by Crippen LogP contribution is -2.44. The smallest absolute Gasteiger partial charge is 0.387 e. The predicted octanol–water partition coefficient (Wildman–Crippen LogP) is 4.06. The van der Waals surface area contributed by atoms with E-state index in [1.807, 2.05) is 0 Å². The molecule has 0 unspecified atom stereocenters. The maximum Gasteiger partial charge on any atom is 0.417 e. The molecule has 0 saturated heterocycles. The SMILES string of the molecule is O=C(NCc1cccc(C(F)(F)F)c1Cl)[C@@]1(F)CC[C@H](O)c2ncccc21. The summed E-state index contributed by atoms with van der Waals surface area (Å²) in [6.07, 6.45) is -4.50. The van der Waals surface area contributed by atoms with Crippen molar-refractivity contribution in [2.75, 3.05) is 0 Å². The molecule has 1 amide bonds. The Morgan fingerprint density at radius 2 is 2.07 bits per heavy atom. The molecule has 4 nitrogen and oxygen atoms in total. The van der Waals surface area contributed by atoms with Gasteiger partial charge < -0.3 is 10.4 Å². The van der Waals surface area contributed by atoms with Crippen LogP contribution in [0, 0.1) is 0 Å². The zero-order valence-corrected chi connectivity index (χ0v) is 14.6. The molecule has 144 valence electrons. The first kappa shape index (κ1) is 19.6. The summed E-state index contributed by atoms with van der Waals surface area (Å²) in [6.45, 7) is -0.370. The number of nitrogens with one attached hydrogen (secondary N) is 1. The molecule has 2 N–H and O–H groups in total. The minimum absolute atomic E-state index is 0.00174. The number of pyridine rings is 1. The number of nitrogens with zero attached hydrogens (tertiary/aromatic N) is 1. The number of carbonyl (C=O) groups is 1. The number of carbonyl (C=O) groups excluding carboxylic acids is 1. The monoisotopic (exact) mass is 402 g/mol. The molecule has 0 spiro atoms. The average molecular weight is 403 g/mol. The first-order valence-corrected chi connectivity index (χ1v) is 8.47. The van der Waals surface area contributed by atoms with E-state index in [4.69, 9.17) is 11.6 Å². The van der Waals surface area contributed by atoms with Gasteiger partial charge in [-0.15, -0.1) is 0 Å². The standard InChI is InChI=1S/C18H15ClF4N2O2/c19-14-10(3-1-4-11(14)18(21,22)23)9-25-16(27)17(20)7-6-13(26)15-12(17)5-2-8-24-15/h1-5,8,13,26H,6-7,9H2,(H,25,27)/t13-,17+/m0/s1. The maximum absolute atomic E-state index is 15.4. The van der Waals surface area contributed by atoms with Crippen LogP contribution in [0.2, 0.25) is 5.02 Å². The van der Waals surface area contributed by atoms with Gasteiger partial charge in [0.15, 0.2) is 0 Å². The number of benzene rings is 1. The van der Waals surface area contributed by atoms with Crippen LogP contribution in [0.4, 0.5) is 17.6 Å². The number of fused-ring (bicyclic) bond motifs is 1. The summed E-state index contributed by atoms with van der Waals surface area (Å²) in [5.74, 6) is -1.02. The van der Waals surface area contributed by atoms with E-state index in [1.54, 1.807) is 0 Å². The Hall–Kier alpha value is -2.19. The van der Waals surface area contributed by atoms with Gasteiger partial charge in [0.25, 0.3) is 5.91 Å². The summed E-state index contributed by atoms with van der Waals surface area (Å²) in [7, 11) is 0. The largest absolute Gasteiger partial charge is 0.417 e. The number of hydrogen-bond acceptors (Lipinski definition) is 3. The zero-order valence-electron chi connectivity index (χ0n) is 13.9. The summed E-state index contributed by atoms with van der Waals surface area (Å²) in [5, 5.41) is 11.7. The molecule has 0 radical (unpaired) electrons. The molecule has 1 heterocycles. The van der Waals surface area contributed by atoms with Crippen LogP contribution in [-0.4, -0.2) is 16.0 Å². The van der Waals surface area contributed by atoms with Gasteiger partial charge in [-0.1, -0.05) is 29.8 Å². The minimum Gasteiger partial charge on any atom is -0.387 e. The third kappa shape index (κ3) is 3.64. The number of aliphatic hydroxyl groups excluding tert-OH is 1. The van der Waals surface area contributed by atoms with Gasteiger partial charge in [0, 0.05) is 18.3 Å². The molecular formula is C18H15ClF4N2O2. The molecule has 9 heteroatoms. The number of rotatable bonds is 3. The Labute approximate surface area is 157 Å². The quantitative estimate of drug-likeness (QED) is 0.761. The van der Waals surface area contributed by atoms with Crippen molar-refractivity contribution in [3.05, 3.63) is 63.9 Å². The highest BCUT2D eigenvalue weighted by Gasteiger charge is 2.46. The molecule has 0 bridgehead atoms. The van der Waals surface area contributed by atoms with Gasteiger partial charge in [-0.3, -0.25) is 9.78 Å². The second-order valence-electron chi connectivity index (χ2n) is 6.25. The van der Waals surface area contributed by atoms with Crippen LogP contribution in [0.15, 0.2) is 36.5 Å². The van der Waals surface area contributed by atoms with E-state index in [9.17, 15) is 23.1 Å². The van der Waals surface area contributed by atoms with Crippen LogP contribution in [0.25, 0.3) is 0 Å². The van der Waals surface area contributed by atoms with E-state index < -0.39 is 34.4 Å². The normalized spacial score (nSPS) is 22.2. The number of halogens is 5. The second kappa shape index (κ2) is 7.09. The van der Waals surface area contributed by atoms with Gasteiger partial charge in [-0.05, 0) is 30.5 Å². The molecule has 1 aromatic carbocycles. The van der Waals surface area contributed by atoms with Gasteiger partial charge >= 0.3 is 6.18 Å². The van der Waals surface area contributed by atoms with Gasteiger partial charge in [-0.2, -0.15) is 13.2 Å². The molecule has 0 aliphatic heterocycles. The van der Waals surface area contributed by atoms with Crippen molar-refractivity contribution < 1.29 is 27.5 Å². The van der Waals surface area contributed by atoms with Crippen molar-refractivity contribution >= 4 is 17.5 Å². The highest BCUT2D eigenvalue weighted by atomic mass is 35.5. The van der Waals surface area contributed by atoms with Crippen molar-refractivity contribution in [3.63, 3.8) is 0 Å². The van der Waals surface area contributed by atoms with E-state index in [0.717, 1.165) is 12.1 Å². The van der Waals surface area contributed by atoms with Crippen molar-refractivity contribution in [2.24, 2.45) is 0 Å². The van der Waals surface area contributed by atoms with Crippen LogP contribution in [0.1, 0.15) is 41.3 Å². The van der Waals surface area contributed by atoms with Crippen LogP contribution < -0.4 is 5.32 Å². The van der Waals surface area contributed by atoms with Crippen molar-refractivity contribution in [1.29, 1.82) is 0 Å². The Bertz CT molecular complexity index is 875. The summed E-state index contributed by atoms with van der Waals surface area (Å²) in [6, 6.07) is 6.12. The summed E-state index contributed by atoms with van der Waals surface area (Å²) in [4.78, 5) is 16.4. The second-order valence-corrected chi connectivity index (χ2v) is 6.63. The summed E-state index contributed by atoms with van der Waals surface area (Å²) < 4.78 is 54.2. The molecule has 0 saturated carbocycles. The lowest BCUT2D eigenvalue weighted by molar-refractivity contribution is -0.137. The van der Waals surface area contributed by atoms with Gasteiger partial charge in [-0.25, -0.2) is 4.39 Å². The van der Waals surface area contributed by atoms with E-state index in [0.29, 0.717) is 0 Å². The van der Waals surface area contributed by atoms with Crippen LogP contribution in [0.5, 0.6) is 0 Å². The lowest BCUT2D eigenvalue weighted by atomic mass is 9.81. The molecular weight excluding hydrogens is 388 g/mol. The topological polar surface area (TPSA) is 62.2 Å². The summed E-state index contributed by atoms with van der Waals surface area (Å²) in [5.41, 5.74) is -3.40. The lowest BCUT2D eigenvalue weighted by Gasteiger charge is -2.32. The average Bonchev–Trinajstić information content (AvgIpc) is 2.63. The third-order valence-corrected chi connectivity index (χ3v) is 4.97. The number of amides is 1. The van der Waals surface area contributed by atoms with Crippen LogP contribution in [-0.2, 0) is 23.2 Å². The molecule has 1 aromatic heterocycles. The maximum atomic E-state index is 15.4. The fourth-order valence-corrected chi connectivity index (χ4v) is 3.41. The van der Waals surface area contributed by atoms with E-state index >= 15 is 4.39 Å². The Balaban J connectivity index is 1.82. The molecule has 3 rings (SSSR count). The highest BCUT2D eigenvalue weighted by molar-refractivity contribution is 6.32. The molecule has 2 atom stereocenters.